The smallest absolute Gasteiger partial charge is 0.315 e. The molecular formula is C11H16N4O. The molecule has 0 spiro atoms. The Bertz CT molecular complexity index is 364. The van der Waals surface area contributed by atoms with Gasteiger partial charge >= 0.3 is 6.03 Å². The molecule has 1 aromatic carbocycles. The molecule has 0 saturated heterocycles. The van der Waals surface area contributed by atoms with E-state index in [1.54, 1.807) is 6.92 Å². The van der Waals surface area contributed by atoms with Crippen molar-refractivity contribution < 1.29 is 4.79 Å². The molecule has 5 heteroatoms. The summed E-state index contributed by atoms with van der Waals surface area (Å²) in [5.74, 6) is -0.0603. The molecule has 0 heterocycles. The van der Waals surface area contributed by atoms with Crippen LogP contribution in [0.4, 0.5) is 4.79 Å². The van der Waals surface area contributed by atoms with E-state index >= 15 is 0 Å². The number of rotatable bonds is 4. The van der Waals surface area contributed by atoms with Gasteiger partial charge in [-0.25, -0.2) is 4.79 Å². The van der Waals surface area contributed by atoms with Crippen molar-refractivity contribution in [3.05, 3.63) is 35.9 Å². The number of nitrogens with one attached hydrogen (secondary N) is 3. The lowest BCUT2D eigenvalue weighted by molar-refractivity contribution is 0.239. The Kier molecular flexibility index (Phi) is 4.32. The zero-order valence-electron chi connectivity index (χ0n) is 9.16. The number of urea groups is 1. The molecule has 1 atom stereocenters. The second-order valence-corrected chi connectivity index (χ2v) is 3.49. The van der Waals surface area contributed by atoms with Crippen LogP contribution in [0, 0.1) is 5.41 Å². The summed E-state index contributed by atoms with van der Waals surface area (Å²) in [6.07, 6.45) is 0. The van der Waals surface area contributed by atoms with Crippen molar-refractivity contribution in [3.63, 3.8) is 0 Å². The number of carbonyl (C=O) groups excluding carboxylic acids is 1. The van der Waals surface area contributed by atoms with Gasteiger partial charge in [-0.2, -0.15) is 0 Å². The molecule has 0 fully saturated rings. The van der Waals surface area contributed by atoms with E-state index in [0.29, 0.717) is 6.54 Å². The Balaban J connectivity index is 2.33. The van der Waals surface area contributed by atoms with E-state index in [1.165, 1.54) is 0 Å². The van der Waals surface area contributed by atoms with Crippen LogP contribution in [0.15, 0.2) is 30.3 Å². The number of hydrogen-bond donors (Lipinski definition) is 4. The second-order valence-electron chi connectivity index (χ2n) is 3.49. The molecule has 1 aromatic rings. The molecule has 0 aromatic heterocycles. The number of amidine groups is 1. The van der Waals surface area contributed by atoms with Crippen LogP contribution in [0.3, 0.4) is 0 Å². The summed E-state index contributed by atoms with van der Waals surface area (Å²) in [6, 6.07) is 8.81. The monoisotopic (exact) mass is 220 g/mol. The first-order valence-electron chi connectivity index (χ1n) is 5.02. The van der Waals surface area contributed by atoms with E-state index in [9.17, 15) is 4.79 Å². The van der Waals surface area contributed by atoms with Crippen LogP contribution in [-0.4, -0.2) is 17.9 Å². The average molecular weight is 220 g/mol. The van der Waals surface area contributed by atoms with Crippen LogP contribution in [0.25, 0.3) is 0 Å². The Labute approximate surface area is 94.5 Å². The number of carbonyl (C=O) groups is 1. The Morgan fingerprint density at radius 3 is 2.62 bits per heavy atom. The van der Waals surface area contributed by atoms with E-state index in [2.05, 4.69) is 10.6 Å². The van der Waals surface area contributed by atoms with Gasteiger partial charge in [0, 0.05) is 6.54 Å². The van der Waals surface area contributed by atoms with E-state index in [1.807, 2.05) is 30.3 Å². The first-order valence-corrected chi connectivity index (χ1v) is 5.02. The molecule has 0 bridgehead atoms. The second kappa shape index (κ2) is 5.75. The first-order chi connectivity index (χ1) is 7.59. The lowest BCUT2D eigenvalue weighted by Gasteiger charge is -2.12. The highest BCUT2D eigenvalue weighted by Crippen LogP contribution is 1.96. The Morgan fingerprint density at radius 2 is 2.06 bits per heavy atom. The number of amides is 2. The fourth-order valence-corrected chi connectivity index (χ4v) is 1.10. The third-order valence-corrected chi connectivity index (χ3v) is 2.11. The van der Waals surface area contributed by atoms with Crippen molar-refractivity contribution in [2.24, 2.45) is 5.73 Å². The van der Waals surface area contributed by atoms with Gasteiger partial charge in [0.25, 0.3) is 0 Å². The quantitative estimate of drug-likeness (QED) is 0.446. The fourth-order valence-electron chi connectivity index (χ4n) is 1.10. The Hall–Kier alpha value is -2.04. The highest BCUT2D eigenvalue weighted by atomic mass is 16.2. The summed E-state index contributed by atoms with van der Waals surface area (Å²) in [7, 11) is 0. The molecule has 0 aliphatic carbocycles. The maximum atomic E-state index is 11.4. The minimum absolute atomic E-state index is 0.0603. The molecule has 0 aliphatic heterocycles. The molecule has 0 radical (unpaired) electrons. The number of benzene rings is 1. The zero-order valence-corrected chi connectivity index (χ0v) is 9.16. The standard InChI is InChI=1S/C11H16N4O/c1-8(10(12)13)15-11(16)14-7-9-5-3-2-4-6-9/h2-6,8H,7H2,1H3,(H3,12,13)(H2,14,15,16). The minimum Gasteiger partial charge on any atom is -0.386 e. The molecule has 5 nitrogen and oxygen atoms in total. The van der Waals surface area contributed by atoms with Crippen LogP contribution >= 0.6 is 0 Å². The molecule has 86 valence electrons. The number of hydrogen-bond acceptors (Lipinski definition) is 2. The SMILES string of the molecule is CC(NC(=O)NCc1ccccc1)C(=N)N. The third kappa shape index (κ3) is 4.00. The molecular weight excluding hydrogens is 204 g/mol. The zero-order chi connectivity index (χ0) is 12.0. The van der Waals surface area contributed by atoms with Gasteiger partial charge in [0.15, 0.2) is 0 Å². The fraction of sp³-hybridized carbons (Fsp3) is 0.273. The van der Waals surface area contributed by atoms with Crippen molar-refractivity contribution >= 4 is 11.9 Å². The maximum absolute atomic E-state index is 11.4. The molecule has 16 heavy (non-hydrogen) atoms. The molecule has 1 unspecified atom stereocenters. The highest BCUT2D eigenvalue weighted by Gasteiger charge is 2.08. The summed E-state index contributed by atoms with van der Waals surface area (Å²) in [4.78, 5) is 11.4. The normalized spacial score (nSPS) is 11.6. The molecule has 5 N–H and O–H groups in total. The van der Waals surface area contributed by atoms with Gasteiger partial charge in [0.2, 0.25) is 0 Å². The van der Waals surface area contributed by atoms with Crippen molar-refractivity contribution in [1.82, 2.24) is 10.6 Å². The van der Waals surface area contributed by atoms with Gasteiger partial charge in [0.05, 0.1) is 6.04 Å². The summed E-state index contributed by atoms with van der Waals surface area (Å²) < 4.78 is 0. The van der Waals surface area contributed by atoms with Crippen LogP contribution in [-0.2, 0) is 6.54 Å². The summed E-state index contributed by atoms with van der Waals surface area (Å²) in [5, 5.41) is 12.4. The van der Waals surface area contributed by atoms with Crippen molar-refractivity contribution in [3.8, 4) is 0 Å². The van der Waals surface area contributed by atoms with E-state index < -0.39 is 6.04 Å². The summed E-state index contributed by atoms with van der Waals surface area (Å²) in [5.41, 5.74) is 6.25. The van der Waals surface area contributed by atoms with Crippen LogP contribution in [0.5, 0.6) is 0 Å². The van der Waals surface area contributed by atoms with Gasteiger partial charge in [-0.1, -0.05) is 30.3 Å². The first kappa shape index (κ1) is 12.0. The lowest BCUT2D eigenvalue weighted by Crippen LogP contribution is -2.46. The highest BCUT2D eigenvalue weighted by molar-refractivity contribution is 5.87. The molecule has 0 aliphatic rings. The summed E-state index contributed by atoms with van der Waals surface area (Å²) in [6.45, 7) is 2.11. The third-order valence-electron chi connectivity index (χ3n) is 2.11. The largest absolute Gasteiger partial charge is 0.386 e. The van der Waals surface area contributed by atoms with Gasteiger partial charge in [-0.05, 0) is 12.5 Å². The van der Waals surface area contributed by atoms with Crippen LogP contribution in [0.1, 0.15) is 12.5 Å². The van der Waals surface area contributed by atoms with Crippen molar-refractivity contribution in [1.29, 1.82) is 5.41 Å². The molecule has 1 rings (SSSR count). The van der Waals surface area contributed by atoms with Gasteiger partial charge in [0.1, 0.15) is 5.84 Å². The molecule has 2 amide bonds. The van der Waals surface area contributed by atoms with Gasteiger partial charge < -0.3 is 16.4 Å². The summed E-state index contributed by atoms with van der Waals surface area (Å²) >= 11 is 0. The van der Waals surface area contributed by atoms with E-state index in [-0.39, 0.29) is 11.9 Å². The Morgan fingerprint density at radius 1 is 1.44 bits per heavy atom. The topological polar surface area (TPSA) is 91.0 Å². The maximum Gasteiger partial charge on any atom is 0.315 e. The predicted molar refractivity (Wildman–Crippen MR) is 63.2 cm³/mol. The van der Waals surface area contributed by atoms with Gasteiger partial charge in [-0.3, -0.25) is 5.41 Å². The average Bonchev–Trinajstić information content (AvgIpc) is 2.27. The lowest BCUT2D eigenvalue weighted by atomic mass is 10.2. The van der Waals surface area contributed by atoms with Crippen LogP contribution in [0.2, 0.25) is 0 Å². The predicted octanol–water partition coefficient (Wildman–Crippen LogP) is 0.810. The van der Waals surface area contributed by atoms with Gasteiger partial charge in [-0.15, -0.1) is 0 Å². The van der Waals surface area contributed by atoms with E-state index in [0.717, 1.165) is 5.56 Å². The number of nitrogens with two attached hydrogens (primary N) is 1. The van der Waals surface area contributed by atoms with Crippen molar-refractivity contribution in [2.45, 2.75) is 19.5 Å². The van der Waals surface area contributed by atoms with Crippen molar-refractivity contribution in [2.75, 3.05) is 0 Å². The molecule has 0 saturated carbocycles. The van der Waals surface area contributed by atoms with E-state index in [4.69, 9.17) is 11.1 Å². The minimum atomic E-state index is -0.448. The van der Waals surface area contributed by atoms with Crippen LogP contribution < -0.4 is 16.4 Å².